The summed E-state index contributed by atoms with van der Waals surface area (Å²) in [7, 11) is 0. The third-order valence-electron chi connectivity index (χ3n) is 6.85. The van der Waals surface area contributed by atoms with Crippen molar-refractivity contribution in [3.05, 3.63) is 34.6 Å². The van der Waals surface area contributed by atoms with E-state index < -0.39 is 0 Å². The van der Waals surface area contributed by atoms with Gasteiger partial charge in [0.05, 0.1) is 46.4 Å². The van der Waals surface area contributed by atoms with Gasteiger partial charge in [-0.2, -0.15) is 20.0 Å². The molecule has 0 unspecified atom stereocenters. The molecule has 3 aliphatic rings. The Bertz CT molecular complexity index is 1390. The maximum absolute atomic E-state index is 10.4. The lowest BCUT2D eigenvalue weighted by atomic mass is 10.1. The Morgan fingerprint density at radius 1 is 1.11 bits per heavy atom. The van der Waals surface area contributed by atoms with E-state index in [0.717, 1.165) is 44.6 Å². The first-order valence-electron chi connectivity index (χ1n) is 11.6. The van der Waals surface area contributed by atoms with Crippen LogP contribution < -0.4 is 15.5 Å². The Labute approximate surface area is 206 Å². The van der Waals surface area contributed by atoms with E-state index >= 15 is 0 Å². The van der Waals surface area contributed by atoms with Crippen LogP contribution in [0.2, 0.25) is 5.02 Å². The molecule has 1 aliphatic carbocycles. The van der Waals surface area contributed by atoms with Crippen molar-refractivity contribution in [1.82, 2.24) is 24.5 Å². The van der Waals surface area contributed by atoms with E-state index in [9.17, 15) is 15.6 Å². The number of nitriles is 2. The molecule has 178 valence electrons. The minimum Gasteiger partial charge on any atom is -0.391 e. The number of anilines is 4. The summed E-state index contributed by atoms with van der Waals surface area (Å²) in [6.07, 6.45) is 3.97. The minimum atomic E-state index is -0.365. The Morgan fingerprint density at radius 3 is 2.74 bits per heavy atom. The first kappa shape index (κ1) is 21.9. The van der Waals surface area contributed by atoms with Gasteiger partial charge in [0.15, 0.2) is 17.2 Å². The molecule has 4 heterocycles. The van der Waals surface area contributed by atoms with E-state index in [1.54, 1.807) is 12.1 Å². The number of aliphatic hydroxyl groups excluding tert-OH is 1. The van der Waals surface area contributed by atoms with Crippen molar-refractivity contribution in [2.45, 2.75) is 37.5 Å². The van der Waals surface area contributed by atoms with Crippen LogP contribution in [-0.2, 0) is 0 Å². The fraction of sp³-hybridized carbons (Fsp3) is 0.435. The predicted molar refractivity (Wildman–Crippen MR) is 130 cm³/mol. The van der Waals surface area contributed by atoms with Crippen LogP contribution >= 0.6 is 11.6 Å². The largest absolute Gasteiger partial charge is 0.391 e. The maximum Gasteiger partial charge on any atom is 0.247 e. The van der Waals surface area contributed by atoms with Crippen LogP contribution in [0.1, 0.15) is 30.5 Å². The fourth-order valence-electron chi connectivity index (χ4n) is 4.84. The summed E-state index contributed by atoms with van der Waals surface area (Å²) in [5, 5.41) is 41.0. The van der Waals surface area contributed by atoms with Gasteiger partial charge in [-0.3, -0.25) is 4.90 Å². The molecule has 0 radical (unpaired) electrons. The summed E-state index contributed by atoms with van der Waals surface area (Å²) >= 11 is 6.86. The summed E-state index contributed by atoms with van der Waals surface area (Å²) in [6, 6.07) is 8.11. The highest BCUT2D eigenvalue weighted by atomic mass is 35.5. The molecule has 0 amide bonds. The number of aromatic nitrogens is 4. The van der Waals surface area contributed by atoms with Gasteiger partial charge in [-0.25, -0.2) is 4.98 Å². The summed E-state index contributed by atoms with van der Waals surface area (Å²) < 4.78 is 1.45. The molecule has 35 heavy (non-hydrogen) atoms. The second-order valence-electron chi connectivity index (χ2n) is 9.19. The smallest absolute Gasteiger partial charge is 0.247 e. The highest BCUT2D eigenvalue weighted by Crippen LogP contribution is 2.38. The van der Waals surface area contributed by atoms with Crippen molar-refractivity contribution in [3.8, 4) is 12.1 Å². The zero-order valence-corrected chi connectivity index (χ0v) is 19.6. The molecule has 12 heteroatoms. The van der Waals surface area contributed by atoms with Crippen LogP contribution in [0.5, 0.6) is 0 Å². The topological polar surface area (TPSA) is 141 Å². The van der Waals surface area contributed by atoms with E-state index in [1.807, 2.05) is 0 Å². The molecule has 2 aromatic heterocycles. The number of fused-ring (bicyclic) bond motifs is 2. The molecule has 11 nitrogen and oxygen atoms in total. The van der Waals surface area contributed by atoms with Crippen LogP contribution in [0.25, 0.3) is 5.65 Å². The predicted octanol–water partition coefficient (Wildman–Crippen LogP) is 2.09. The lowest BCUT2D eigenvalue weighted by Gasteiger charge is -2.40. The van der Waals surface area contributed by atoms with E-state index in [1.165, 1.54) is 10.7 Å². The number of rotatable bonds is 5. The molecule has 6 rings (SSSR count). The van der Waals surface area contributed by atoms with Crippen molar-refractivity contribution in [2.75, 3.05) is 41.7 Å². The molecule has 1 saturated carbocycles. The SMILES string of the molecule is N#Cc1cc(Nc2nc(NC3CC3)c3ncc(C#N)n3n2)c(Cl)c(N2CCN3CC[C@H](O)[C@H]3C2)c1. The minimum absolute atomic E-state index is 0.0504. The molecule has 3 fully saturated rings. The Balaban J connectivity index is 1.36. The van der Waals surface area contributed by atoms with Crippen LogP contribution in [0.4, 0.5) is 23.1 Å². The molecule has 3 aromatic rings. The zero-order valence-electron chi connectivity index (χ0n) is 18.8. The zero-order chi connectivity index (χ0) is 24.1. The van der Waals surface area contributed by atoms with E-state index in [-0.39, 0.29) is 23.8 Å². The first-order chi connectivity index (χ1) is 17.0. The number of hydrogen-bond acceptors (Lipinski definition) is 10. The molecule has 2 saturated heterocycles. The third-order valence-corrected chi connectivity index (χ3v) is 7.25. The quantitative estimate of drug-likeness (QED) is 0.486. The van der Waals surface area contributed by atoms with Gasteiger partial charge in [-0.05, 0) is 31.4 Å². The van der Waals surface area contributed by atoms with Gasteiger partial charge < -0.3 is 20.6 Å². The molecule has 1 aromatic carbocycles. The Kier molecular flexibility index (Phi) is 5.33. The van der Waals surface area contributed by atoms with Crippen molar-refractivity contribution in [2.24, 2.45) is 0 Å². The summed E-state index contributed by atoms with van der Waals surface area (Å²) in [4.78, 5) is 13.3. The highest BCUT2D eigenvalue weighted by Gasteiger charge is 2.37. The van der Waals surface area contributed by atoms with Crippen molar-refractivity contribution in [3.63, 3.8) is 0 Å². The summed E-state index contributed by atoms with van der Waals surface area (Å²) in [5.74, 6) is 0.764. The van der Waals surface area contributed by atoms with Crippen LogP contribution in [0.15, 0.2) is 18.3 Å². The summed E-state index contributed by atoms with van der Waals surface area (Å²) in [6.45, 7) is 3.10. The van der Waals surface area contributed by atoms with Crippen molar-refractivity contribution >= 4 is 40.4 Å². The number of benzene rings is 1. The van der Waals surface area contributed by atoms with E-state index in [2.05, 4.69) is 47.6 Å². The number of halogens is 1. The monoisotopic (exact) mass is 490 g/mol. The van der Waals surface area contributed by atoms with Crippen LogP contribution in [0.3, 0.4) is 0 Å². The van der Waals surface area contributed by atoms with Crippen LogP contribution in [0, 0.1) is 22.7 Å². The van der Waals surface area contributed by atoms with Gasteiger partial charge in [-0.1, -0.05) is 11.6 Å². The second kappa shape index (κ2) is 8.54. The summed E-state index contributed by atoms with van der Waals surface area (Å²) in [5.41, 5.74) is 2.42. The molecular weight excluding hydrogens is 468 g/mol. The molecule has 2 aliphatic heterocycles. The Hall–Kier alpha value is -3.64. The lowest BCUT2D eigenvalue weighted by Crippen LogP contribution is -2.53. The average Bonchev–Trinajstić information content (AvgIpc) is 3.47. The standard InChI is InChI=1S/C23H23ClN10O/c24-20-16(7-13(9-25)8-17(20)33-6-5-32-4-3-19(35)18(32)12-33)29-23-30-21(28-14-1-2-14)22-27-11-15(10-26)34(22)31-23/h7-8,11,14,18-19,35H,1-6,12H2,(H2,28,29,30,31)/t18-,19+/m1/s1. The van der Waals surface area contributed by atoms with Crippen molar-refractivity contribution in [1.29, 1.82) is 10.5 Å². The Morgan fingerprint density at radius 2 is 1.97 bits per heavy atom. The molecule has 0 spiro atoms. The van der Waals surface area contributed by atoms with Crippen LogP contribution in [-0.4, -0.2) is 74.0 Å². The third kappa shape index (κ3) is 3.98. The van der Waals surface area contributed by atoms with Gasteiger partial charge in [0.2, 0.25) is 5.95 Å². The van der Waals surface area contributed by atoms with Gasteiger partial charge in [-0.15, -0.1) is 5.10 Å². The normalized spacial score (nSPS) is 22.0. The van der Waals surface area contributed by atoms with Crippen molar-refractivity contribution < 1.29 is 5.11 Å². The number of nitrogens with one attached hydrogen (secondary N) is 2. The molecular formula is C23H23ClN10O. The second-order valence-corrected chi connectivity index (χ2v) is 9.57. The van der Waals surface area contributed by atoms with E-state index in [4.69, 9.17) is 11.6 Å². The number of imidazole rings is 1. The maximum atomic E-state index is 10.4. The lowest BCUT2D eigenvalue weighted by molar-refractivity contribution is 0.108. The number of aliphatic hydroxyl groups is 1. The molecule has 2 atom stereocenters. The average molecular weight is 491 g/mol. The number of nitrogens with zero attached hydrogens (tertiary/aromatic N) is 8. The fourth-order valence-corrected chi connectivity index (χ4v) is 5.12. The van der Waals surface area contributed by atoms with E-state index in [0.29, 0.717) is 40.3 Å². The first-order valence-corrected chi connectivity index (χ1v) is 12.0. The van der Waals surface area contributed by atoms with Gasteiger partial charge in [0.25, 0.3) is 0 Å². The van der Waals surface area contributed by atoms with Gasteiger partial charge >= 0.3 is 0 Å². The number of piperazine rings is 1. The molecule has 0 bridgehead atoms. The highest BCUT2D eigenvalue weighted by molar-refractivity contribution is 6.36. The van der Waals surface area contributed by atoms with Gasteiger partial charge in [0.1, 0.15) is 6.07 Å². The van der Waals surface area contributed by atoms with Gasteiger partial charge in [0, 0.05) is 32.2 Å². The number of hydrogen-bond donors (Lipinski definition) is 3. The molecule has 3 N–H and O–H groups in total.